The number of nitro benzene ring substituents is 1. The minimum Gasteiger partial charge on any atom is -0.308 e. The number of nitrogens with one attached hydrogen (secondary N) is 1. The Bertz CT molecular complexity index is 677. The van der Waals surface area contributed by atoms with Crippen LogP contribution >= 0.6 is 11.6 Å². The van der Waals surface area contributed by atoms with Crippen molar-refractivity contribution in [2.45, 2.75) is 20.0 Å². The molecule has 0 bridgehead atoms. The molecule has 0 fully saturated rings. The largest absolute Gasteiger partial charge is 0.308 e. The van der Waals surface area contributed by atoms with Gasteiger partial charge in [0.1, 0.15) is 5.82 Å². The van der Waals surface area contributed by atoms with Gasteiger partial charge in [-0.05, 0) is 18.6 Å². The number of nitrogens with zero attached hydrogens (tertiary/aromatic N) is 1. The Morgan fingerprint density at radius 3 is 2.52 bits per heavy atom. The molecule has 0 saturated heterocycles. The quantitative estimate of drug-likeness (QED) is 0.671. The van der Waals surface area contributed by atoms with E-state index in [9.17, 15) is 14.5 Å². The lowest BCUT2D eigenvalue weighted by Crippen LogP contribution is -2.15. The first kappa shape index (κ1) is 15.4. The van der Waals surface area contributed by atoms with Crippen LogP contribution in [-0.4, -0.2) is 4.92 Å². The maximum absolute atomic E-state index is 13.7. The fourth-order valence-corrected chi connectivity index (χ4v) is 2.27. The molecule has 0 aliphatic rings. The van der Waals surface area contributed by atoms with Crippen LogP contribution in [-0.2, 0) is 13.1 Å². The van der Waals surface area contributed by atoms with Gasteiger partial charge in [0, 0.05) is 30.3 Å². The highest BCUT2D eigenvalue weighted by atomic mass is 35.5. The third-order valence-electron chi connectivity index (χ3n) is 3.28. The number of halogens is 2. The highest BCUT2D eigenvalue weighted by Crippen LogP contribution is 2.21. The van der Waals surface area contributed by atoms with Crippen molar-refractivity contribution < 1.29 is 9.31 Å². The predicted octanol–water partition coefficient (Wildman–Crippen LogP) is 3.99. The summed E-state index contributed by atoms with van der Waals surface area (Å²) in [6, 6.07) is 9.74. The van der Waals surface area contributed by atoms with Crippen LogP contribution in [0.4, 0.5) is 10.1 Å². The third-order valence-corrected chi connectivity index (χ3v) is 3.57. The molecule has 2 rings (SSSR count). The van der Waals surface area contributed by atoms with E-state index in [4.69, 9.17) is 11.6 Å². The standard InChI is InChI=1S/C15H14ClFN2O2/c1-10-11(4-3-7-14(10)19(20)21)8-18-9-12-5-2-6-13(16)15(12)17/h2-7,18H,8-9H2,1H3. The molecule has 0 saturated carbocycles. The Morgan fingerprint density at radius 1 is 1.19 bits per heavy atom. The minimum atomic E-state index is -0.442. The molecule has 6 heteroatoms. The summed E-state index contributed by atoms with van der Waals surface area (Å²) >= 11 is 5.71. The lowest BCUT2D eigenvalue weighted by Gasteiger charge is -2.09. The van der Waals surface area contributed by atoms with E-state index in [0.29, 0.717) is 24.2 Å². The first-order valence-corrected chi connectivity index (χ1v) is 6.75. The molecule has 0 unspecified atom stereocenters. The highest BCUT2D eigenvalue weighted by molar-refractivity contribution is 6.30. The Balaban J connectivity index is 2.06. The van der Waals surface area contributed by atoms with Gasteiger partial charge < -0.3 is 5.32 Å². The zero-order valence-electron chi connectivity index (χ0n) is 11.4. The lowest BCUT2D eigenvalue weighted by atomic mass is 10.1. The molecule has 0 aliphatic carbocycles. The number of hydrogen-bond donors (Lipinski definition) is 1. The van der Waals surface area contributed by atoms with Crippen LogP contribution in [0.5, 0.6) is 0 Å². The first-order chi connectivity index (χ1) is 10.0. The molecule has 0 aliphatic heterocycles. The van der Waals surface area contributed by atoms with E-state index in [1.54, 1.807) is 25.1 Å². The molecule has 110 valence electrons. The molecule has 2 aromatic rings. The molecule has 1 N–H and O–H groups in total. The summed E-state index contributed by atoms with van der Waals surface area (Å²) in [5, 5.41) is 14.0. The SMILES string of the molecule is Cc1c(CNCc2cccc(Cl)c2F)cccc1[N+](=O)[O-]. The number of rotatable bonds is 5. The van der Waals surface area contributed by atoms with Crippen molar-refractivity contribution in [3.8, 4) is 0 Å². The lowest BCUT2D eigenvalue weighted by molar-refractivity contribution is -0.385. The second kappa shape index (κ2) is 6.65. The topological polar surface area (TPSA) is 55.2 Å². The van der Waals surface area contributed by atoms with Gasteiger partial charge in [0.15, 0.2) is 0 Å². The molecular weight excluding hydrogens is 295 g/mol. The molecule has 0 amide bonds. The van der Waals surface area contributed by atoms with Gasteiger partial charge in [-0.3, -0.25) is 10.1 Å². The molecular formula is C15H14ClFN2O2. The molecule has 0 atom stereocenters. The number of hydrogen-bond acceptors (Lipinski definition) is 3. The van der Waals surface area contributed by atoms with Gasteiger partial charge in [-0.1, -0.05) is 35.9 Å². The van der Waals surface area contributed by atoms with Crippen LogP contribution in [0.15, 0.2) is 36.4 Å². The van der Waals surface area contributed by atoms with E-state index < -0.39 is 10.7 Å². The van der Waals surface area contributed by atoms with E-state index in [1.807, 2.05) is 6.07 Å². The van der Waals surface area contributed by atoms with Gasteiger partial charge >= 0.3 is 0 Å². The zero-order chi connectivity index (χ0) is 15.4. The maximum Gasteiger partial charge on any atom is 0.272 e. The van der Waals surface area contributed by atoms with Crippen LogP contribution in [0.3, 0.4) is 0 Å². The average molecular weight is 309 g/mol. The van der Waals surface area contributed by atoms with Crippen molar-refractivity contribution in [2.75, 3.05) is 0 Å². The molecule has 0 spiro atoms. The summed E-state index contributed by atoms with van der Waals surface area (Å²) in [4.78, 5) is 10.5. The third kappa shape index (κ3) is 3.56. The van der Waals surface area contributed by atoms with Crippen molar-refractivity contribution in [1.29, 1.82) is 0 Å². The van der Waals surface area contributed by atoms with Crippen LogP contribution < -0.4 is 5.32 Å². The van der Waals surface area contributed by atoms with Gasteiger partial charge in [0.25, 0.3) is 5.69 Å². The van der Waals surface area contributed by atoms with Crippen LogP contribution in [0.2, 0.25) is 5.02 Å². The van der Waals surface area contributed by atoms with Gasteiger partial charge in [-0.2, -0.15) is 0 Å². The molecule has 0 aromatic heterocycles. The van der Waals surface area contributed by atoms with Crippen molar-refractivity contribution in [1.82, 2.24) is 5.32 Å². The minimum absolute atomic E-state index is 0.0841. The second-order valence-electron chi connectivity index (χ2n) is 4.63. The Kier molecular flexibility index (Phi) is 4.88. The van der Waals surface area contributed by atoms with Crippen molar-refractivity contribution >= 4 is 17.3 Å². The van der Waals surface area contributed by atoms with Crippen LogP contribution in [0, 0.1) is 22.9 Å². The Hall–Kier alpha value is -1.98. The van der Waals surface area contributed by atoms with E-state index in [1.165, 1.54) is 12.1 Å². The van der Waals surface area contributed by atoms with E-state index in [-0.39, 0.29) is 10.7 Å². The summed E-state index contributed by atoms with van der Waals surface area (Å²) < 4.78 is 13.7. The fourth-order valence-electron chi connectivity index (χ4n) is 2.08. The van der Waals surface area contributed by atoms with E-state index in [2.05, 4.69) is 5.32 Å². The highest BCUT2D eigenvalue weighted by Gasteiger charge is 2.13. The maximum atomic E-state index is 13.7. The molecule has 4 nitrogen and oxygen atoms in total. The summed E-state index contributed by atoms with van der Waals surface area (Å²) in [6.45, 7) is 2.42. The molecule has 21 heavy (non-hydrogen) atoms. The Morgan fingerprint density at radius 2 is 1.81 bits per heavy atom. The summed E-state index contributed by atoms with van der Waals surface area (Å²) in [5.41, 5.74) is 1.97. The second-order valence-corrected chi connectivity index (χ2v) is 5.04. The average Bonchev–Trinajstić information content (AvgIpc) is 2.45. The van der Waals surface area contributed by atoms with Crippen LogP contribution in [0.1, 0.15) is 16.7 Å². The molecule has 0 heterocycles. The smallest absolute Gasteiger partial charge is 0.272 e. The van der Waals surface area contributed by atoms with Gasteiger partial charge in [0.05, 0.1) is 9.95 Å². The fraction of sp³-hybridized carbons (Fsp3) is 0.200. The monoisotopic (exact) mass is 308 g/mol. The molecule has 0 radical (unpaired) electrons. The summed E-state index contributed by atoms with van der Waals surface area (Å²) in [5.74, 6) is -0.442. The number of nitro groups is 1. The van der Waals surface area contributed by atoms with Gasteiger partial charge in [-0.25, -0.2) is 4.39 Å². The van der Waals surface area contributed by atoms with Crippen LogP contribution in [0.25, 0.3) is 0 Å². The number of benzene rings is 2. The summed E-state index contributed by atoms with van der Waals surface area (Å²) in [6.07, 6.45) is 0. The van der Waals surface area contributed by atoms with E-state index >= 15 is 0 Å². The van der Waals surface area contributed by atoms with Crippen molar-refractivity contribution in [2.24, 2.45) is 0 Å². The van der Waals surface area contributed by atoms with Gasteiger partial charge in [0.2, 0.25) is 0 Å². The van der Waals surface area contributed by atoms with E-state index in [0.717, 1.165) is 5.56 Å². The molecule has 2 aromatic carbocycles. The Labute approximate surface area is 126 Å². The first-order valence-electron chi connectivity index (χ1n) is 6.37. The zero-order valence-corrected chi connectivity index (χ0v) is 12.2. The van der Waals surface area contributed by atoms with Crippen molar-refractivity contribution in [3.63, 3.8) is 0 Å². The van der Waals surface area contributed by atoms with Gasteiger partial charge in [-0.15, -0.1) is 0 Å². The normalized spacial score (nSPS) is 10.6. The van der Waals surface area contributed by atoms with Crippen molar-refractivity contribution in [3.05, 3.63) is 74.0 Å². The predicted molar refractivity (Wildman–Crippen MR) is 79.8 cm³/mol. The summed E-state index contributed by atoms with van der Waals surface area (Å²) in [7, 11) is 0.